The standard InChI is InChI=1S/C18H24N4O3S/c23-17(19-7-11-25-15-4-2-1-3-5-15)16-14-21-18(26-16)20-6-8-22-9-12-24-13-10-22/h1-5,14H,6-13H2,(H,19,23)(H,20,21). The van der Waals surface area contributed by atoms with Gasteiger partial charge in [-0.15, -0.1) is 0 Å². The van der Waals surface area contributed by atoms with Gasteiger partial charge in [-0.3, -0.25) is 9.69 Å². The summed E-state index contributed by atoms with van der Waals surface area (Å²) in [5, 5.41) is 6.89. The van der Waals surface area contributed by atoms with E-state index in [1.54, 1.807) is 6.20 Å². The van der Waals surface area contributed by atoms with Crippen LogP contribution in [0.5, 0.6) is 5.75 Å². The summed E-state index contributed by atoms with van der Waals surface area (Å²) in [6.45, 7) is 6.17. The minimum atomic E-state index is -0.125. The Morgan fingerprint density at radius 3 is 2.85 bits per heavy atom. The number of nitrogens with one attached hydrogen (secondary N) is 2. The van der Waals surface area contributed by atoms with Crippen LogP contribution >= 0.6 is 11.3 Å². The molecule has 0 atom stereocenters. The molecule has 3 rings (SSSR count). The Hall–Kier alpha value is -2.16. The summed E-state index contributed by atoms with van der Waals surface area (Å²) in [5.74, 6) is 0.673. The van der Waals surface area contributed by atoms with Crippen molar-refractivity contribution >= 4 is 22.4 Å². The molecule has 7 nitrogen and oxygen atoms in total. The lowest BCUT2D eigenvalue weighted by Gasteiger charge is -2.26. The number of nitrogens with zero attached hydrogens (tertiary/aromatic N) is 2. The van der Waals surface area contributed by atoms with Crippen LogP contribution in [0, 0.1) is 0 Å². The number of hydrogen-bond acceptors (Lipinski definition) is 7. The minimum absolute atomic E-state index is 0.125. The molecule has 1 aliphatic rings. The van der Waals surface area contributed by atoms with Gasteiger partial charge in [0.05, 0.1) is 26.0 Å². The van der Waals surface area contributed by atoms with E-state index in [0.29, 0.717) is 18.0 Å². The second kappa shape index (κ2) is 10.1. The first kappa shape index (κ1) is 18.6. The van der Waals surface area contributed by atoms with Crippen LogP contribution in [0.1, 0.15) is 9.67 Å². The van der Waals surface area contributed by atoms with Crippen LogP contribution in [-0.4, -0.2) is 68.3 Å². The average Bonchev–Trinajstić information content (AvgIpc) is 3.16. The Balaban J connectivity index is 1.33. The van der Waals surface area contributed by atoms with Gasteiger partial charge in [-0.05, 0) is 12.1 Å². The Bertz CT molecular complexity index is 674. The Morgan fingerprint density at radius 2 is 2.04 bits per heavy atom. The molecule has 140 valence electrons. The second-order valence-corrected chi connectivity index (χ2v) is 6.86. The number of amides is 1. The minimum Gasteiger partial charge on any atom is -0.492 e. The molecule has 0 radical (unpaired) electrons. The Kier molecular flexibility index (Phi) is 7.24. The fourth-order valence-electron chi connectivity index (χ4n) is 2.54. The Morgan fingerprint density at radius 1 is 1.23 bits per heavy atom. The van der Waals surface area contributed by atoms with Gasteiger partial charge in [-0.1, -0.05) is 29.5 Å². The van der Waals surface area contributed by atoms with Crippen molar-refractivity contribution in [3.63, 3.8) is 0 Å². The first-order valence-corrected chi connectivity index (χ1v) is 9.59. The van der Waals surface area contributed by atoms with E-state index >= 15 is 0 Å². The molecule has 1 aliphatic heterocycles. The molecule has 0 bridgehead atoms. The summed E-state index contributed by atoms with van der Waals surface area (Å²) < 4.78 is 10.9. The summed E-state index contributed by atoms with van der Waals surface area (Å²) in [6.07, 6.45) is 1.61. The SMILES string of the molecule is O=C(NCCOc1ccccc1)c1cnc(NCCN2CCOCC2)s1. The van der Waals surface area contributed by atoms with Crippen LogP contribution in [0.3, 0.4) is 0 Å². The topological polar surface area (TPSA) is 75.7 Å². The maximum Gasteiger partial charge on any atom is 0.263 e. The molecule has 2 aromatic rings. The second-order valence-electron chi connectivity index (χ2n) is 5.83. The van der Waals surface area contributed by atoms with Gasteiger partial charge in [0.2, 0.25) is 0 Å². The number of ether oxygens (including phenoxy) is 2. The van der Waals surface area contributed by atoms with Crippen molar-refractivity contribution < 1.29 is 14.3 Å². The Labute approximate surface area is 157 Å². The molecule has 2 N–H and O–H groups in total. The molecular formula is C18H24N4O3S. The van der Waals surface area contributed by atoms with Gasteiger partial charge in [-0.25, -0.2) is 4.98 Å². The molecule has 1 aromatic carbocycles. The van der Waals surface area contributed by atoms with Crippen molar-refractivity contribution in [1.82, 2.24) is 15.2 Å². The number of para-hydroxylation sites is 1. The van der Waals surface area contributed by atoms with E-state index in [9.17, 15) is 4.79 Å². The quantitative estimate of drug-likeness (QED) is 0.649. The van der Waals surface area contributed by atoms with E-state index in [1.807, 2.05) is 30.3 Å². The van der Waals surface area contributed by atoms with Gasteiger partial charge < -0.3 is 20.1 Å². The van der Waals surface area contributed by atoms with E-state index in [0.717, 1.165) is 50.3 Å². The van der Waals surface area contributed by atoms with E-state index in [1.165, 1.54) is 11.3 Å². The lowest BCUT2D eigenvalue weighted by atomic mass is 10.3. The molecule has 1 aromatic heterocycles. The highest BCUT2D eigenvalue weighted by Gasteiger charge is 2.12. The first-order chi connectivity index (χ1) is 12.8. The van der Waals surface area contributed by atoms with Crippen molar-refractivity contribution in [2.75, 3.05) is 57.9 Å². The molecule has 0 aliphatic carbocycles. The number of morpholine rings is 1. The van der Waals surface area contributed by atoms with Crippen LogP contribution in [0.2, 0.25) is 0 Å². The molecule has 1 saturated heterocycles. The van der Waals surface area contributed by atoms with E-state index in [-0.39, 0.29) is 5.91 Å². The zero-order valence-corrected chi connectivity index (χ0v) is 15.5. The maximum absolute atomic E-state index is 12.1. The van der Waals surface area contributed by atoms with Crippen molar-refractivity contribution in [3.05, 3.63) is 41.4 Å². The lowest BCUT2D eigenvalue weighted by Crippen LogP contribution is -2.38. The average molecular weight is 376 g/mol. The van der Waals surface area contributed by atoms with Crippen LogP contribution in [0.15, 0.2) is 36.5 Å². The molecule has 26 heavy (non-hydrogen) atoms. The zero-order chi connectivity index (χ0) is 18.0. The zero-order valence-electron chi connectivity index (χ0n) is 14.6. The molecule has 0 spiro atoms. The van der Waals surface area contributed by atoms with Gasteiger partial charge >= 0.3 is 0 Å². The van der Waals surface area contributed by atoms with E-state index in [2.05, 4.69) is 20.5 Å². The number of thiazole rings is 1. The fourth-order valence-corrected chi connectivity index (χ4v) is 3.30. The van der Waals surface area contributed by atoms with Gasteiger partial charge in [0, 0.05) is 26.2 Å². The molecule has 0 saturated carbocycles. The molecule has 1 amide bonds. The van der Waals surface area contributed by atoms with Gasteiger partial charge in [0.15, 0.2) is 5.13 Å². The largest absolute Gasteiger partial charge is 0.492 e. The highest BCUT2D eigenvalue weighted by molar-refractivity contribution is 7.17. The molecule has 2 heterocycles. The summed E-state index contributed by atoms with van der Waals surface area (Å²) in [5.41, 5.74) is 0. The fraction of sp³-hybridized carbons (Fsp3) is 0.444. The highest BCUT2D eigenvalue weighted by atomic mass is 32.1. The van der Waals surface area contributed by atoms with Crippen molar-refractivity contribution in [3.8, 4) is 5.75 Å². The van der Waals surface area contributed by atoms with Crippen molar-refractivity contribution in [2.24, 2.45) is 0 Å². The summed E-state index contributed by atoms with van der Waals surface area (Å²) in [4.78, 5) is 19.4. The summed E-state index contributed by atoms with van der Waals surface area (Å²) >= 11 is 1.36. The molecule has 0 unspecified atom stereocenters. The lowest BCUT2D eigenvalue weighted by molar-refractivity contribution is 0.0398. The van der Waals surface area contributed by atoms with Crippen LogP contribution < -0.4 is 15.4 Å². The predicted molar refractivity (Wildman–Crippen MR) is 102 cm³/mol. The van der Waals surface area contributed by atoms with E-state index in [4.69, 9.17) is 9.47 Å². The highest BCUT2D eigenvalue weighted by Crippen LogP contribution is 2.17. The number of carbonyl (C=O) groups excluding carboxylic acids is 1. The third-order valence-electron chi connectivity index (χ3n) is 3.94. The van der Waals surface area contributed by atoms with Crippen molar-refractivity contribution in [2.45, 2.75) is 0 Å². The molecule has 1 fully saturated rings. The van der Waals surface area contributed by atoms with Crippen LogP contribution in [0.4, 0.5) is 5.13 Å². The van der Waals surface area contributed by atoms with Gasteiger partial charge in [0.25, 0.3) is 5.91 Å². The normalized spacial score (nSPS) is 14.8. The smallest absolute Gasteiger partial charge is 0.263 e. The first-order valence-electron chi connectivity index (χ1n) is 8.77. The summed E-state index contributed by atoms with van der Waals surface area (Å²) in [6, 6.07) is 9.54. The molecular weight excluding hydrogens is 352 g/mol. The number of carbonyl (C=O) groups is 1. The third-order valence-corrected chi connectivity index (χ3v) is 4.89. The number of benzene rings is 1. The van der Waals surface area contributed by atoms with Crippen LogP contribution in [-0.2, 0) is 4.74 Å². The van der Waals surface area contributed by atoms with E-state index < -0.39 is 0 Å². The van der Waals surface area contributed by atoms with Crippen molar-refractivity contribution in [1.29, 1.82) is 0 Å². The maximum atomic E-state index is 12.1. The van der Waals surface area contributed by atoms with Crippen LogP contribution in [0.25, 0.3) is 0 Å². The predicted octanol–water partition coefficient (Wildman–Crippen LogP) is 1.70. The summed E-state index contributed by atoms with van der Waals surface area (Å²) in [7, 11) is 0. The number of hydrogen-bond donors (Lipinski definition) is 2. The number of anilines is 1. The molecule has 8 heteroatoms. The third kappa shape index (κ3) is 5.98. The van der Waals surface area contributed by atoms with Gasteiger partial charge in [-0.2, -0.15) is 0 Å². The van der Waals surface area contributed by atoms with Gasteiger partial charge in [0.1, 0.15) is 17.2 Å². The number of rotatable bonds is 9. The monoisotopic (exact) mass is 376 g/mol. The number of aromatic nitrogens is 1.